The van der Waals surface area contributed by atoms with Crippen molar-refractivity contribution in [2.75, 3.05) is 16.3 Å². The fraction of sp³-hybridized carbons (Fsp3) is 0.136. The summed E-state index contributed by atoms with van der Waals surface area (Å²) in [5.74, 6) is -0.294. The molecule has 0 radical (unpaired) electrons. The Morgan fingerprint density at radius 1 is 0.893 bits per heavy atom. The third-order valence-electron chi connectivity index (χ3n) is 4.30. The maximum Gasteiger partial charge on any atom is 0.255 e. The van der Waals surface area contributed by atoms with Gasteiger partial charge in [0.2, 0.25) is 10.0 Å². The van der Waals surface area contributed by atoms with Crippen molar-refractivity contribution in [1.29, 1.82) is 0 Å². The van der Waals surface area contributed by atoms with E-state index >= 15 is 0 Å². The van der Waals surface area contributed by atoms with Gasteiger partial charge in [0.1, 0.15) is 0 Å². The fourth-order valence-electron chi connectivity index (χ4n) is 2.88. The van der Waals surface area contributed by atoms with Crippen molar-refractivity contribution in [3.63, 3.8) is 0 Å². The minimum atomic E-state index is -3.42. The molecule has 0 bridgehead atoms. The second-order valence-corrected chi connectivity index (χ2v) is 8.43. The molecule has 0 atom stereocenters. The van der Waals surface area contributed by atoms with Crippen molar-refractivity contribution in [3.8, 4) is 0 Å². The molecule has 3 rings (SSSR count). The van der Waals surface area contributed by atoms with Gasteiger partial charge in [-0.1, -0.05) is 54.6 Å². The zero-order valence-electron chi connectivity index (χ0n) is 15.8. The van der Waals surface area contributed by atoms with Crippen LogP contribution in [0.1, 0.15) is 27.0 Å². The highest BCUT2D eigenvalue weighted by Gasteiger charge is 2.13. The number of carbonyl (C=O) groups is 1. The molecule has 0 aliphatic heterocycles. The van der Waals surface area contributed by atoms with E-state index in [1.165, 1.54) is 0 Å². The van der Waals surface area contributed by atoms with Gasteiger partial charge in [0.05, 0.1) is 11.9 Å². The highest BCUT2D eigenvalue weighted by Crippen LogP contribution is 2.22. The van der Waals surface area contributed by atoms with Crippen LogP contribution in [0.2, 0.25) is 0 Å². The van der Waals surface area contributed by atoms with Crippen LogP contribution in [-0.2, 0) is 16.4 Å². The highest BCUT2D eigenvalue weighted by molar-refractivity contribution is 7.92. The Morgan fingerprint density at radius 3 is 2.29 bits per heavy atom. The van der Waals surface area contributed by atoms with Gasteiger partial charge in [-0.05, 0) is 48.2 Å². The van der Waals surface area contributed by atoms with Crippen LogP contribution in [0.3, 0.4) is 0 Å². The number of anilines is 2. The number of hydrogen-bond acceptors (Lipinski definition) is 3. The number of amides is 1. The molecule has 2 N–H and O–H groups in total. The lowest BCUT2D eigenvalue weighted by atomic mass is 10.0. The molecule has 28 heavy (non-hydrogen) atoms. The Hall–Kier alpha value is -3.12. The van der Waals surface area contributed by atoms with Gasteiger partial charge in [0.15, 0.2) is 0 Å². The first-order valence-corrected chi connectivity index (χ1v) is 10.7. The summed E-state index contributed by atoms with van der Waals surface area (Å²) in [5.41, 5.74) is 4.41. The first kappa shape index (κ1) is 19.6. The molecule has 0 heterocycles. The van der Waals surface area contributed by atoms with Crippen LogP contribution in [-0.4, -0.2) is 20.6 Å². The molecule has 1 amide bonds. The van der Waals surface area contributed by atoms with Crippen LogP contribution in [0.4, 0.5) is 11.4 Å². The zero-order valence-corrected chi connectivity index (χ0v) is 16.6. The summed E-state index contributed by atoms with van der Waals surface area (Å²) in [6.45, 7) is 1.78. The number of carbonyl (C=O) groups excluding carboxylic acids is 1. The second-order valence-electron chi connectivity index (χ2n) is 6.68. The first-order valence-electron chi connectivity index (χ1n) is 8.83. The molecule has 0 aromatic heterocycles. The van der Waals surface area contributed by atoms with Crippen molar-refractivity contribution in [1.82, 2.24) is 0 Å². The number of para-hydroxylation sites is 1. The third kappa shape index (κ3) is 5.20. The zero-order chi connectivity index (χ0) is 20.1. The Balaban J connectivity index is 1.83. The van der Waals surface area contributed by atoms with Crippen LogP contribution in [0, 0.1) is 6.92 Å². The van der Waals surface area contributed by atoms with Crippen molar-refractivity contribution < 1.29 is 13.2 Å². The monoisotopic (exact) mass is 394 g/mol. The smallest absolute Gasteiger partial charge is 0.255 e. The van der Waals surface area contributed by atoms with Gasteiger partial charge < -0.3 is 5.32 Å². The first-order chi connectivity index (χ1) is 13.3. The summed E-state index contributed by atoms with van der Waals surface area (Å²) in [6, 6.07) is 22.6. The summed E-state index contributed by atoms with van der Waals surface area (Å²) in [5, 5.41) is 2.94. The van der Waals surface area contributed by atoms with E-state index in [0.717, 1.165) is 28.6 Å². The van der Waals surface area contributed by atoms with Crippen molar-refractivity contribution in [2.24, 2.45) is 0 Å². The quantitative estimate of drug-likeness (QED) is 0.658. The normalized spacial score (nSPS) is 11.1. The lowest BCUT2D eigenvalue weighted by Gasteiger charge is -2.13. The fourth-order valence-corrected chi connectivity index (χ4v) is 3.50. The second kappa shape index (κ2) is 8.27. The van der Waals surface area contributed by atoms with E-state index in [0.29, 0.717) is 17.7 Å². The topological polar surface area (TPSA) is 75.3 Å². The molecule has 144 valence electrons. The molecular formula is C22H22N2O3S. The predicted molar refractivity (Wildman–Crippen MR) is 113 cm³/mol. The number of sulfonamides is 1. The Kier molecular flexibility index (Phi) is 5.80. The average molecular weight is 394 g/mol. The standard InChI is InChI=1S/C22H22N2O3S/c1-16-12-13-19(15-21(16)24-28(2,26)27)22(25)23-20-11-7-6-10-18(20)14-17-8-4-3-5-9-17/h3-13,15,24H,14H2,1-2H3,(H,23,25). The van der Waals surface area contributed by atoms with Gasteiger partial charge in [0.25, 0.3) is 5.91 Å². The van der Waals surface area contributed by atoms with Crippen molar-refractivity contribution in [3.05, 3.63) is 95.1 Å². The largest absolute Gasteiger partial charge is 0.322 e. The average Bonchev–Trinajstić information content (AvgIpc) is 2.65. The van der Waals surface area contributed by atoms with Crippen molar-refractivity contribution >= 4 is 27.3 Å². The number of nitrogens with one attached hydrogen (secondary N) is 2. The Labute approximate surface area is 165 Å². The molecule has 0 unspecified atom stereocenters. The van der Waals surface area contributed by atoms with E-state index in [2.05, 4.69) is 10.0 Å². The molecule has 3 aromatic carbocycles. The van der Waals surface area contributed by atoms with E-state index in [4.69, 9.17) is 0 Å². The van der Waals surface area contributed by atoms with Gasteiger partial charge in [-0.2, -0.15) is 0 Å². The number of rotatable bonds is 6. The van der Waals surface area contributed by atoms with Crippen LogP contribution in [0.25, 0.3) is 0 Å². The van der Waals surface area contributed by atoms with Gasteiger partial charge in [-0.15, -0.1) is 0 Å². The molecular weight excluding hydrogens is 372 g/mol. The molecule has 0 saturated carbocycles. The molecule has 5 nitrogen and oxygen atoms in total. The molecule has 0 fully saturated rings. The SMILES string of the molecule is Cc1ccc(C(=O)Nc2ccccc2Cc2ccccc2)cc1NS(C)(=O)=O. The lowest BCUT2D eigenvalue weighted by Crippen LogP contribution is -2.15. The maximum atomic E-state index is 12.8. The van der Waals surface area contributed by atoms with Gasteiger partial charge in [-0.3, -0.25) is 9.52 Å². The van der Waals surface area contributed by atoms with Gasteiger partial charge in [-0.25, -0.2) is 8.42 Å². The summed E-state index contributed by atoms with van der Waals surface area (Å²) < 4.78 is 25.5. The van der Waals surface area contributed by atoms with Crippen molar-refractivity contribution in [2.45, 2.75) is 13.3 Å². The number of hydrogen-bond donors (Lipinski definition) is 2. The van der Waals surface area contributed by atoms with E-state index in [1.54, 1.807) is 25.1 Å². The summed E-state index contributed by atoms with van der Waals surface area (Å²) in [7, 11) is -3.42. The van der Waals surface area contributed by atoms with Crippen LogP contribution in [0.15, 0.2) is 72.8 Å². The summed E-state index contributed by atoms with van der Waals surface area (Å²) in [6.07, 6.45) is 1.78. The molecule has 0 spiro atoms. The maximum absolute atomic E-state index is 12.8. The predicted octanol–water partition coefficient (Wildman–Crippen LogP) is 4.21. The van der Waals surface area contributed by atoms with Crippen LogP contribution >= 0.6 is 0 Å². The van der Waals surface area contributed by atoms with E-state index in [9.17, 15) is 13.2 Å². The number of benzene rings is 3. The molecule has 0 saturated heterocycles. The Bertz CT molecular complexity index is 1090. The minimum absolute atomic E-state index is 0.294. The van der Waals surface area contributed by atoms with Gasteiger partial charge >= 0.3 is 0 Å². The van der Waals surface area contributed by atoms with Gasteiger partial charge in [0, 0.05) is 11.3 Å². The summed E-state index contributed by atoms with van der Waals surface area (Å²) in [4.78, 5) is 12.8. The molecule has 6 heteroatoms. The molecule has 3 aromatic rings. The number of aryl methyl sites for hydroxylation is 1. The summed E-state index contributed by atoms with van der Waals surface area (Å²) >= 11 is 0. The van der Waals surface area contributed by atoms with E-state index in [1.807, 2.05) is 54.6 Å². The van der Waals surface area contributed by atoms with E-state index < -0.39 is 10.0 Å². The third-order valence-corrected chi connectivity index (χ3v) is 4.89. The Morgan fingerprint density at radius 2 is 1.57 bits per heavy atom. The van der Waals surface area contributed by atoms with E-state index in [-0.39, 0.29) is 5.91 Å². The lowest BCUT2D eigenvalue weighted by molar-refractivity contribution is 0.102. The van der Waals surface area contributed by atoms with Crippen LogP contribution < -0.4 is 10.0 Å². The van der Waals surface area contributed by atoms with Crippen LogP contribution in [0.5, 0.6) is 0 Å². The molecule has 0 aliphatic carbocycles. The molecule has 0 aliphatic rings. The minimum Gasteiger partial charge on any atom is -0.322 e. The highest BCUT2D eigenvalue weighted by atomic mass is 32.2.